The fraction of sp³-hybridized carbons (Fsp3) is 0.214. The van der Waals surface area contributed by atoms with Gasteiger partial charge in [0, 0.05) is 28.6 Å². The Kier molecular flexibility index (Phi) is 2.63. The summed E-state index contributed by atoms with van der Waals surface area (Å²) < 4.78 is 1.62. The largest absolute Gasteiger partial charge is 0.344 e. The molecule has 3 rings (SSSR count). The van der Waals surface area contributed by atoms with Crippen molar-refractivity contribution < 1.29 is 0 Å². The highest BCUT2D eigenvalue weighted by atomic mass is 35.5. The van der Waals surface area contributed by atoms with Gasteiger partial charge >= 0.3 is 0 Å². The third kappa shape index (κ3) is 1.63. The molecular weight excluding hydrogens is 246 g/mol. The number of hydrogen-bond acceptors (Lipinski definition) is 2. The van der Waals surface area contributed by atoms with Crippen LogP contribution in [0.1, 0.15) is 22.4 Å². The van der Waals surface area contributed by atoms with Crippen molar-refractivity contribution in [1.29, 1.82) is 0 Å². The van der Waals surface area contributed by atoms with Crippen LogP contribution in [-0.4, -0.2) is 10.8 Å². The number of aryl methyl sites for hydroxylation is 1. The summed E-state index contributed by atoms with van der Waals surface area (Å²) in [5.74, 6) is 1.74. The van der Waals surface area contributed by atoms with E-state index in [0.717, 1.165) is 22.9 Å². The predicted octanol–water partition coefficient (Wildman–Crippen LogP) is 3.55. The molecule has 0 atom stereocenters. The van der Waals surface area contributed by atoms with Crippen LogP contribution >= 0.6 is 11.8 Å². The van der Waals surface area contributed by atoms with Crippen molar-refractivity contribution in [3.63, 3.8) is 0 Å². The number of benzene rings is 1. The Balaban J connectivity index is 2.05. The van der Waals surface area contributed by atoms with Crippen molar-refractivity contribution >= 4 is 23.4 Å². The predicted molar refractivity (Wildman–Crippen MR) is 75.3 cm³/mol. The van der Waals surface area contributed by atoms with Crippen LogP contribution < -0.4 is 4.42 Å². The lowest BCUT2D eigenvalue weighted by Gasteiger charge is -2.22. The number of H-pyrrole nitrogens is 1. The number of amidine groups is 1. The fourth-order valence-corrected chi connectivity index (χ4v) is 2.52. The van der Waals surface area contributed by atoms with Gasteiger partial charge in [-0.15, -0.1) is 0 Å². The van der Waals surface area contributed by atoms with Crippen molar-refractivity contribution in [2.24, 2.45) is 4.99 Å². The number of nitrogens with one attached hydrogen (secondary N) is 1. The highest BCUT2D eigenvalue weighted by molar-refractivity contribution is 6.40. The molecule has 2 aromatic rings. The van der Waals surface area contributed by atoms with Crippen LogP contribution in [0.4, 0.5) is 5.82 Å². The van der Waals surface area contributed by atoms with E-state index in [0.29, 0.717) is 6.54 Å². The van der Waals surface area contributed by atoms with E-state index in [1.165, 1.54) is 11.1 Å². The minimum absolute atomic E-state index is 0.680. The topological polar surface area (TPSA) is 31.4 Å². The van der Waals surface area contributed by atoms with Gasteiger partial charge in [0.2, 0.25) is 0 Å². The van der Waals surface area contributed by atoms with Gasteiger partial charge in [-0.2, -0.15) is 0 Å². The summed E-state index contributed by atoms with van der Waals surface area (Å²) in [7, 11) is 0. The highest BCUT2D eigenvalue weighted by Crippen LogP contribution is 2.32. The third-order valence-corrected chi connectivity index (χ3v) is 3.74. The molecule has 0 fully saturated rings. The number of aliphatic imine (C=N–C) groups is 1. The Hall–Kier alpha value is -1.74. The van der Waals surface area contributed by atoms with E-state index in [2.05, 4.69) is 23.8 Å². The minimum atomic E-state index is 0.680. The van der Waals surface area contributed by atoms with Crippen LogP contribution in [0.3, 0.4) is 0 Å². The first-order valence-corrected chi connectivity index (χ1v) is 6.26. The molecule has 1 N–H and O–H groups in total. The van der Waals surface area contributed by atoms with Gasteiger partial charge in [-0.05, 0) is 19.4 Å². The molecule has 3 nitrogen and oxygen atoms in total. The lowest BCUT2D eigenvalue weighted by atomic mass is 10.1. The average molecular weight is 260 g/mol. The molecule has 1 aromatic heterocycles. The number of fused-ring (bicyclic) bond motifs is 1. The maximum absolute atomic E-state index is 6.40. The molecule has 0 saturated heterocycles. The van der Waals surface area contributed by atoms with Crippen molar-refractivity contribution in [2.45, 2.75) is 20.4 Å². The quantitative estimate of drug-likeness (QED) is 0.781. The van der Waals surface area contributed by atoms with E-state index < -0.39 is 0 Å². The molecular formula is C14H14ClN3. The van der Waals surface area contributed by atoms with Gasteiger partial charge in [-0.3, -0.25) is 4.99 Å². The average Bonchev–Trinajstić information content (AvgIpc) is 2.69. The van der Waals surface area contributed by atoms with Crippen LogP contribution in [0.2, 0.25) is 0 Å². The summed E-state index contributed by atoms with van der Waals surface area (Å²) in [6.45, 7) is 4.83. The lowest BCUT2D eigenvalue weighted by Crippen LogP contribution is -2.26. The minimum Gasteiger partial charge on any atom is -0.344 e. The van der Waals surface area contributed by atoms with Gasteiger partial charge in [0.15, 0.2) is 5.84 Å². The van der Waals surface area contributed by atoms with E-state index in [9.17, 15) is 0 Å². The van der Waals surface area contributed by atoms with E-state index >= 15 is 0 Å². The standard InChI is InChI=1S/C14H14ClN3/c1-9-10(2)17-14-12(9)8-16-13(18(14)15)11-6-4-3-5-7-11/h3-7,17H,8H2,1-2H3. The molecule has 0 spiro atoms. The molecule has 0 amide bonds. The number of aromatic amines is 1. The summed E-state index contributed by atoms with van der Waals surface area (Å²) in [4.78, 5) is 7.91. The van der Waals surface area contributed by atoms with Crippen molar-refractivity contribution in [1.82, 2.24) is 4.98 Å². The first-order valence-electron chi connectivity index (χ1n) is 5.92. The zero-order chi connectivity index (χ0) is 12.7. The lowest BCUT2D eigenvalue weighted by molar-refractivity contribution is 1.02. The summed E-state index contributed by atoms with van der Waals surface area (Å²) in [6.07, 6.45) is 0. The van der Waals surface area contributed by atoms with Gasteiger partial charge in [0.25, 0.3) is 0 Å². The zero-order valence-electron chi connectivity index (χ0n) is 10.4. The number of halogens is 1. The van der Waals surface area contributed by atoms with Crippen LogP contribution in [0.15, 0.2) is 35.3 Å². The molecule has 0 saturated carbocycles. The van der Waals surface area contributed by atoms with E-state index in [-0.39, 0.29) is 0 Å². The van der Waals surface area contributed by atoms with Crippen LogP contribution in [0, 0.1) is 13.8 Å². The first kappa shape index (κ1) is 11.4. The Morgan fingerprint density at radius 2 is 1.94 bits per heavy atom. The van der Waals surface area contributed by atoms with Crippen molar-refractivity contribution in [3.05, 3.63) is 52.7 Å². The van der Waals surface area contributed by atoms with Gasteiger partial charge < -0.3 is 4.98 Å². The molecule has 1 aromatic carbocycles. The molecule has 0 bridgehead atoms. The van der Waals surface area contributed by atoms with E-state index in [1.54, 1.807) is 4.42 Å². The number of nitrogens with zero attached hydrogens (tertiary/aromatic N) is 2. The normalized spacial score (nSPS) is 14.4. The summed E-state index contributed by atoms with van der Waals surface area (Å²) >= 11 is 6.40. The Morgan fingerprint density at radius 1 is 1.22 bits per heavy atom. The maximum Gasteiger partial charge on any atom is 0.152 e. The first-order chi connectivity index (χ1) is 8.68. The van der Waals surface area contributed by atoms with Gasteiger partial charge in [-0.25, -0.2) is 4.42 Å². The molecule has 0 aliphatic carbocycles. The third-order valence-electron chi connectivity index (χ3n) is 3.41. The monoisotopic (exact) mass is 259 g/mol. The van der Waals surface area contributed by atoms with Crippen LogP contribution in [0.5, 0.6) is 0 Å². The SMILES string of the molecule is Cc1[nH]c2c(c1C)CN=C(c1ccccc1)N2Cl. The highest BCUT2D eigenvalue weighted by Gasteiger charge is 2.24. The summed E-state index contributed by atoms with van der Waals surface area (Å²) in [6, 6.07) is 10.00. The molecule has 2 heterocycles. The number of anilines is 1. The number of hydrogen-bond donors (Lipinski definition) is 1. The second-order valence-corrected chi connectivity index (χ2v) is 4.83. The molecule has 18 heavy (non-hydrogen) atoms. The Bertz CT molecular complexity index is 613. The zero-order valence-corrected chi connectivity index (χ0v) is 11.1. The summed E-state index contributed by atoms with van der Waals surface area (Å²) in [5.41, 5.74) is 4.60. The van der Waals surface area contributed by atoms with E-state index in [1.807, 2.05) is 30.3 Å². The second-order valence-electron chi connectivity index (χ2n) is 4.49. The van der Waals surface area contributed by atoms with E-state index in [4.69, 9.17) is 11.8 Å². The molecule has 0 unspecified atom stereocenters. The van der Waals surface area contributed by atoms with Crippen molar-refractivity contribution in [3.8, 4) is 0 Å². The van der Waals surface area contributed by atoms with Gasteiger partial charge in [0.1, 0.15) is 5.82 Å². The van der Waals surface area contributed by atoms with Crippen molar-refractivity contribution in [2.75, 3.05) is 4.42 Å². The molecule has 1 aliphatic heterocycles. The smallest absolute Gasteiger partial charge is 0.152 e. The molecule has 4 heteroatoms. The Labute approximate surface area is 111 Å². The van der Waals surface area contributed by atoms with Gasteiger partial charge in [-0.1, -0.05) is 30.3 Å². The molecule has 92 valence electrons. The maximum atomic E-state index is 6.40. The molecule has 0 radical (unpaired) electrons. The second kappa shape index (κ2) is 4.18. The Morgan fingerprint density at radius 3 is 2.67 bits per heavy atom. The van der Waals surface area contributed by atoms with Crippen LogP contribution in [-0.2, 0) is 6.54 Å². The molecule has 1 aliphatic rings. The van der Waals surface area contributed by atoms with Gasteiger partial charge in [0.05, 0.1) is 6.54 Å². The number of aromatic nitrogens is 1. The van der Waals surface area contributed by atoms with Crippen LogP contribution in [0.25, 0.3) is 0 Å². The fourth-order valence-electron chi connectivity index (χ4n) is 2.23. The summed E-state index contributed by atoms with van der Waals surface area (Å²) in [5, 5.41) is 0. The number of rotatable bonds is 1.